The quantitative estimate of drug-likeness (QED) is 0.850. The summed E-state index contributed by atoms with van der Waals surface area (Å²) in [6.45, 7) is 1.67. The first kappa shape index (κ1) is 16.1. The molecule has 2 N–H and O–H groups in total. The molecule has 23 heavy (non-hydrogen) atoms. The molecule has 0 bridgehead atoms. The molecule has 1 aromatic carbocycles. The molecule has 1 aromatic heterocycles. The lowest BCUT2D eigenvalue weighted by atomic mass is 10.1. The van der Waals surface area contributed by atoms with Crippen molar-refractivity contribution in [1.82, 2.24) is 15.0 Å². The van der Waals surface area contributed by atoms with Gasteiger partial charge in [-0.25, -0.2) is 4.39 Å². The summed E-state index contributed by atoms with van der Waals surface area (Å²) < 4.78 is 18.9. The molecule has 6 heteroatoms. The van der Waals surface area contributed by atoms with Crippen LogP contribution in [-0.4, -0.2) is 27.6 Å². The lowest BCUT2D eigenvalue weighted by molar-refractivity contribution is 0.184. The third-order valence-corrected chi connectivity index (χ3v) is 4.50. The van der Waals surface area contributed by atoms with Crippen LogP contribution < -0.4 is 5.73 Å². The highest BCUT2D eigenvalue weighted by Crippen LogP contribution is 2.25. The molecule has 0 aliphatic heterocycles. The maximum absolute atomic E-state index is 13.8. The highest BCUT2D eigenvalue weighted by molar-refractivity contribution is 5.17. The van der Waals surface area contributed by atoms with Crippen molar-refractivity contribution in [2.45, 2.75) is 51.2 Å². The summed E-state index contributed by atoms with van der Waals surface area (Å²) in [7, 11) is 0. The Bertz CT molecular complexity index is 625. The predicted molar refractivity (Wildman–Crippen MR) is 85.0 cm³/mol. The van der Waals surface area contributed by atoms with Gasteiger partial charge in [0, 0.05) is 12.6 Å². The highest BCUT2D eigenvalue weighted by Gasteiger charge is 2.24. The van der Waals surface area contributed by atoms with Crippen molar-refractivity contribution in [2.24, 2.45) is 5.73 Å². The topological polar surface area (TPSA) is 68.2 Å². The third-order valence-electron chi connectivity index (χ3n) is 4.50. The van der Waals surface area contributed by atoms with Crippen LogP contribution in [0.5, 0.6) is 0 Å². The van der Waals surface area contributed by atoms with Gasteiger partial charge < -0.3 is 10.3 Å². The van der Waals surface area contributed by atoms with E-state index in [1.54, 1.807) is 6.07 Å². The van der Waals surface area contributed by atoms with Crippen LogP contribution in [0.2, 0.25) is 0 Å². The van der Waals surface area contributed by atoms with Crippen molar-refractivity contribution < 1.29 is 8.91 Å². The summed E-state index contributed by atoms with van der Waals surface area (Å²) in [5, 5.41) is 3.99. The molecule has 1 aliphatic rings. The standard InChI is InChI=1S/C17H23FN4O/c18-15-8-4-1-5-13(15)9-10-22(14-6-2-3-7-14)12-16-20-17(11-19)23-21-16/h1,4-5,8,14H,2-3,6-7,9-12,19H2. The summed E-state index contributed by atoms with van der Waals surface area (Å²) >= 11 is 0. The normalized spacial score (nSPS) is 15.6. The van der Waals surface area contributed by atoms with E-state index >= 15 is 0 Å². The van der Waals surface area contributed by atoms with Crippen LogP contribution in [0, 0.1) is 5.82 Å². The lowest BCUT2D eigenvalue weighted by Crippen LogP contribution is -2.35. The molecular weight excluding hydrogens is 295 g/mol. The smallest absolute Gasteiger partial charge is 0.240 e. The molecular formula is C17H23FN4O. The molecule has 2 aromatic rings. The summed E-state index contributed by atoms with van der Waals surface area (Å²) in [6.07, 6.45) is 5.55. The second kappa shape index (κ2) is 7.66. The van der Waals surface area contributed by atoms with E-state index in [-0.39, 0.29) is 12.4 Å². The summed E-state index contributed by atoms with van der Waals surface area (Å²) in [5.74, 6) is 0.982. The van der Waals surface area contributed by atoms with Crippen LogP contribution in [0.3, 0.4) is 0 Å². The van der Waals surface area contributed by atoms with Crippen LogP contribution in [0.25, 0.3) is 0 Å². The van der Waals surface area contributed by atoms with Crippen LogP contribution in [0.1, 0.15) is 43.0 Å². The number of rotatable bonds is 7. The van der Waals surface area contributed by atoms with Gasteiger partial charge in [0.25, 0.3) is 0 Å². The number of benzene rings is 1. The number of nitrogens with zero attached hydrogens (tertiary/aromatic N) is 3. The first-order chi connectivity index (χ1) is 11.3. The fraction of sp³-hybridized carbons (Fsp3) is 0.529. The molecule has 0 spiro atoms. The van der Waals surface area contributed by atoms with Gasteiger partial charge in [0.05, 0.1) is 13.1 Å². The molecule has 0 amide bonds. The fourth-order valence-electron chi connectivity index (χ4n) is 3.24. The molecule has 0 atom stereocenters. The SMILES string of the molecule is NCc1nc(CN(CCc2ccccc2F)C2CCCC2)no1. The Hall–Kier alpha value is -1.79. The van der Waals surface area contributed by atoms with Gasteiger partial charge in [0.15, 0.2) is 5.82 Å². The number of halogens is 1. The van der Waals surface area contributed by atoms with E-state index in [9.17, 15) is 4.39 Å². The maximum Gasteiger partial charge on any atom is 0.240 e. The number of aromatic nitrogens is 2. The van der Waals surface area contributed by atoms with Gasteiger partial charge in [-0.05, 0) is 30.9 Å². The first-order valence-electron chi connectivity index (χ1n) is 8.25. The molecule has 0 saturated heterocycles. The van der Waals surface area contributed by atoms with Crippen molar-refractivity contribution in [3.8, 4) is 0 Å². The molecule has 124 valence electrons. The van der Waals surface area contributed by atoms with Gasteiger partial charge in [-0.1, -0.05) is 36.2 Å². The van der Waals surface area contributed by atoms with Crippen LogP contribution >= 0.6 is 0 Å². The Labute approximate surface area is 135 Å². The minimum Gasteiger partial charge on any atom is -0.338 e. The average Bonchev–Trinajstić information content (AvgIpc) is 3.24. The van der Waals surface area contributed by atoms with E-state index in [1.807, 2.05) is 12.1 Å². The summed E-state index contributed by atoms with van der Waals surface area (Å²) in [4.78, 5) is 6.65. The Balaban J connectivity index is 1.66. The number of hydrogen-bond acceptors (Lipinski definition) is 5. The van der Waals surface area contributed by atoms with E-state index in [0.29, 0.717) is 30.7 Å². The predicted octanol–water partition coefficient (Wildman–Crippen LogP) is 2.65. The van der Waals surface area contributed by atoms with Crippen molar-refractivity contribution in [2.75, 3.05) is 6.54 Å². The Morgan fingerprint density at radius 2 is 2.04 bits per heavy atom. The van der Waals surface area contributed by atoms with Crippen molar-refractivity contribution >= 4 is 0 Å². The molecule has 5 nitrogen and oxygen atoms in total. The highest BCUT2D eigenvalue weighted by atomic mass is 19.1. The van der Waals surface area contributed by atoms with Gasteiger partial charge >= 0.3 is 0 Å². The third kappa shape index (κ3) is 4.14. The average molecular weight is 318 g/mol. The van der Waals surface area contributed by atoms with E-state index < -0.39 is 0 Å². The van der Waals surface area contributed by atoms with Crippen molar-refractivity contribution in [3.05, 3.63) is 47.4 Å². The van der Waals surface area contributed by atoms with Crippen LogP contribution in [0.4, 0.5) is 4.39 Å². The Morgan fingerprint density at radius 1 is 1.26 bits per heavy atom. The van der Waals surface area contributed by atoms with E-state index in [1.165, 1.54) is 31.7 Å². The molecule has 1 aliphatic carbocycles. The van der Waals surface area contributed by atoms with Crippen LogP contribution in [-0.2, 0) is 19.5 Å². The van der Waals surface area contributed by atoms with Gasteiger partial charge in [0.1, 0.15) is 5.82 Å². The molecule has 3 rings (SSSR count). The zero-order valence-corrected chi connectivity index (χ0v) is 13.2. The fourth-order valence-corrected chi connectivity index (χ4v) is 3.24. The summed E-state index contributed by atoms with van der Waals surface area (Å²) in [5.41, 5.74) is 6.27. The van der Waals surface area contributed by atoms with Gasteiger partial charge in [-0.3, -0.25) is 4.90 Å². The Morgan fingerprint density at radius 3 is 2.74 bits per heavy atom. The monoisotopic (exact) mass is 318 g/mol. The molecule has 1 heterocycles. The Kier molecular flexibility index (Phi) is 5.35. The first-order valence-corrected chi connectivity index (χ1v) is 8.25. The zero-order chi connectivity index (χ0) is 16.1. The van der Waals surface area contributed by atoms with E-state index in [2.05, 4.69) is 15.0 Å². The molecule has 0 unspecified atom stereocenters. The van der Waals surface area contributed by atoms with Crippen molar-refractivity contribution in [1.29, 1.82) is 0 Å². The minimum absolute atomic E-state index is 0.135. The molecule has 1 fully saturated rings. The number of nitrogens with two attached hydrogens (primary N) is 1. The second-order valence-electron chi connectivity index (χ2n) is 6.06. The minimum atomic E-state index is -0.135. The lowest BCUT2D eigenvalue weighted by Gasteiger charge is -2.27. The largest absolute Gasteiger partial charge is 0.338 e. The molecule has 0 radical (unpaired) electrons. The molecule has 1 saturated carbocycles. The second-order valence-corrected chi connectivity index (χ2v) is 6.06. The van der Waals surface area contributed by atoms with Gasteiger partial charge in [0.2, 0.25) is 5.89 Å². The van der Waals surface area contributed by atoms with Crippen molar-refractivity contribution in [3.63, 3.8) is 0 Å². The van der Waals surface area contributed by atoms with Gasteiger partial charge in [-0.2, -0.15) is 4.98 Å². The van der Waals surface area contributed by atoms with E-state index in [0.717, 1.165) is 12.1 Å². The maximum atomic E-state index is 13.8. The number of hydrogen-bond donors (Lipinski definition) is 1. The van der Waals surface area contributed by atoms with Crippen LogP contribution in [0.15, 0.2) is 28.8 Å². The summed E-state index contributed by atoms with van der Waals surface area (Å²) in [6, 6.07) is 7.48. The zero-order valence-electron chi connectivity index (χ0n) is 13.2. The van der Waals surface area contributed by atoms with E-state index in [4.69, 9.17) is 10.3 Å². The van der Waals surface area contributed by atoms with Gasteiger partial charge in [-0.15, -0.1) is 0 Å².